The fourth-order valence-electron chi connectivity index (χ4n) is 0.735. The summed E-state index contributed by atoms with van der Waals surface area (Å²) < 4.78 is 0. The first-order valence-electron chi connectivity index (χ1n) is 3.55. The quantitative estimate of drug-likeness (QED) is 0.509. The first-order chi connectivity index (χ1) is 5.29. The van der Waals surface area contributed by atoms with Crippen LogP contribution >= 0.6 is 0 Å². The number of aliphatic imine (C=N–C) groups is 1. The van der Waals surface area contributed by atoms with Crippen molar-refractivity contribution in [3.05, 3.63) is 36.6 Å². The Kier molecular flexibility index (Phi) is 2.66. The van der Waals surface area contributed by atoms with Crippen LogP contribution in [0.4, 0.5) is 0 Å². The maximum atomic E-state index is 4.10. The van der Waals surface area contributed by atoms with E-state index in [1.807, 2.05) is 30.2 Å². The Hall–Kier alpha value is -1.31. The molecule has 0 atom stereocenters. The second-order valence-electron chi connectivity index (χ2n) is 2.46. The molecule has 1 heterocycles. The molecule has 0 aromatic heterocycles. The summed E-state index contributed by atoms with van der Waals surface area (Å²) in [6.45, 7) is 4.64. The number of likely N-dealkylation sites (N-methyl/N-ethyl adjacent to an activating group) is 1. The lowest BCUT2D eigenvalue weighted by Gasteiger charge is -2.07. The van der Waals surface area contributed by atoms with Crippen molar-refractivity contribution in [2.45, 2.75) is 0 Å². The lowest BCUT2D eigenvalue weighted by atomic mass is 10.4. The Balaban J connectivity index is 2.72. The van der Waals surface area contributed by atoms with Crippen LogP contribution in [0.25, 0.3) is 0 Å². The van der Waals surface area contributed by atoms with Gasteiger partial charge in [-0.15, -0.1) is 0 Å². The topological polar surface area (TPSA) is 15.6 Å². The first-order valence-corrected chi connectivity index (χ1v) is 3.55. The lowest BCUT2D eigenvalue weighted by molar-refractivity contribution is 0.581. The Morgan fingerprint density at radius 3 is 3.18 bits per heavy atom. The van der Waals surface area contributed by atoms with E-state index in [1.165, 1.54) is 0 Å². The predicted molar refractivity (Wildman–Crippen MR) is 48.5 cm³/mol. The summed E-state index contributed by atoms with van der Waals surface area (Å²) >= 11 is 0. The van der Waals surface area contributed by atoms with E-state index in [4.69, 9.17) is 0 Å². The van der Waals surface area contributed by atoms with E-state index in [-0.39, 0.29) is 0 Å². The van der Waals surface area contributed by atoms with E-state index in [0.717, 1.165) is 12.2 Å². The third-order valence-electron chi connectivity index (χ3n) is 1.35. The summed E-state index contributed by atoms with van der Waals surface area (Å²) in [5.74, 6) is 0. The zero-order valence-corrected chi connectivity index (χ0v) is 6.70. The third kappa shape index (κ3) is 2.85. The molecule has 0 amide bonds. The molecule has 11 heavy (non-hydrogen) atoms. The molecule has 2 nitrogen and oxygen atoms in total. The molecule has 2 heteroatoms. The minimum Gasteiger partial charge on any atom is -0.362 e. The van der Waals surface area contributed by atoms with Crippen molar-refractivity contribution in [3.8, 4) is 0 Å². The average molecular weight is 148 g/mol. The van der Waals surface area contributed by atoms with E-state index < -0.39 is 0 Å². The highest BCUT2D eigenvalue weighted by molar-refractivity contribution is 5.57. The fraction of sp³-hybridized carbons (Fsp3) is 0.222. The van der Waals surface area contributed by atoms with Crippen LogP contribution in [0.15, 0.2) is 41.6 Å². The summed E-state index contributed by atoms with van der Waals surface area (Å²) in [5, 5.41) is 0. The highest BCUT2D eigenvalue weighted by atomic mass is 15.1. The minimum atomic E-state index is 0.781. The monoisotopic (exact) mass is 148 g/mol. The van der Waals surface area contributed by atoms with Gasteiger partial charge < -0.3 is 4.90 Å². The molecule has 0 saturated heterocycles. The summed E-state index contributed by atoms with van der Waals surface area (Å²) in [5.41, 5.74) is 0.781. The highest BCUT2D eigenvalue weighted by Crippen LogP contribution is 1.96. The first kappa shape index (κ1) is 7.79. The Bertz CT molecular complexity index is 224. The molecule has 1 aliphatic heterocycles. The van der Waals surface area contributed by atoms with Gasteiger partial charge in [0.25, 0.3) is 0 Å². The number of hydrogen-bond acceptors (Lipinski definition) is 2. The lowest BCUT2D eigenvalue weighted by Crippen LogP contribution is -2.15. The largest absolute Gasteiger partial charge is 0.362 e. The molecule has 1 aliphatic rings. The molecule has 0 spiro atoms. The number of allylic oxidation sites excluding steroid dienone is 3. The van der Waals surface area contributed by atoms with Crippen LogP contribution in [-0.4, -0.2) is 24.8 Å². The predicted octanol–water partition coefficient (Wildman–Crippen LogP) is 1.59. The molecule has 0 radical (unpaired) electrons. The molecule has 0 aromatic carbocycles. The normalized spacial score (nSPS) is 26.6. The fourth-order valence-corrected chi connectivity index (χ4v) is 0.735. The molecule has 0 fully saturated rings. The van der Waals surface area contributed by atoms with E-state index >= 15 is 0 Å². The molecule has 0 unspecified atom stereocenters. The maximum absolute atomic E-state index is 4.10. The molecule has 0 N–H and O–H groups in total. The van der Waals surface area contributed by atoms with E-state index in [9.17, 15) is 0 Å². The third-order valence-corrected chi connectivity index (χ3v) is 1.35. The standard InChI is InChI=1S/C9H12N2/c1-9-6-4-3-5-7-11(2)8-10-9/h3-6,8H,1,7H2,2H3/b5-3-,6-4-,10-8-. The Labute approximate surface area is 67.2 Å². The van der Waals surface area contributed by atoms with Crippen LogP contribution in [0.1, 0.15) is 0 Å². The maximum Gasteiger partial charge on any atom is 0.0912 e. The second-order valence-corrected chi connectivity index (χ2v) is 2.46. The second kappa shape index (κ2) is 3.76. The molecule has 58 valence electrons. The van der Waals surface area contributed by atoms with Crippen molar-refractivity contribution in [2.75, 3.05) is 13.6 Å². The van der Waals surface area contributed by atoms with Crippen molar-refractivity contribution in [3.63, 3.8) is 0 Å². The van der Waals surface area contributed by atoms with Crippen LogP contribution in [0.5, 0.6) is 0 Å². The van der Waals surface area contributed by atoms with Crippen molar-refractivity contribution >= 4 is 6.34 Å². The molecular formula is C9H12N2. The van der Waals surface area contributed by atoms with Gasteiger partial charge in [0.15, 0.2) is 0 Å². The van der Waals surface area contributed by atoms with Crippen molar-refractivity contribution in [1.29, 1.82) is 0 Å². The van der Waals surface area contributed by atoms with Crippen molar-refractivity contribution in [2.24, 2.45) is 4.99 Å². The van der Waals surface area contributed by atoms with Gasteiger partial charge in [0.2, 0.25) is 0 Å². The van der Waals surface area contributed by atoms with Gasteiger partial charge in [-0.05, 0) is 6.08 Å². The number of rotatable bonds is 0. The molecule has 0 aliphatic carbocycles. The van der Waals surface area contributed by atoms with Crippen LogP contribution in [0, 0.1) is 0 Å². The van der Waals surface area contributed by atoms with E-state index in [2.05, 4.69) is 17.6 Å². The summed E-state index contributed by atoms with van der Waals surface area (Å²) in [7, 11) is 1.98. The Morgan fingerprint density at radius 2 is 2.36 bits per heavy atom. The summed E-state index contributed by atoms with van der Waals surface area (Å²) in [4.78, 5) is 6.10. The molecule has 0 saturated carbocycles. The van der Waals surface area contributed by atoms with Gasteiger partial charge in [-0.2, -0.15) is 0 Å². The molecule has 0 aromatic rings. The molecule has 0 bridgehead atoms. The molecule has 1 rings (SSSR count). The van der Waals surface area contributed by atoms with Crippen LogP contribution < -0.4 is 0 Å². The SMILES string of the molecule is C=C1/C=C\C=C/CN(C)/C=N\1. The van der Waals surface area contributed by atoms with Gasteiger partial charge in [-0.3, -0.25) is 0 Å². The van der Waals surface area contributed by atoms with Gasteiger partial charge in [0.05, 0.1) is 12.0 Å². The average Bonchev–Trinajstić information content (AvgIpc) is 2.06. The van der Waals surface area contributed by atoms with Crippen LogP contribution in [0.3, 0.4) is 0 Å². The highest BCUT2D eigenvalue weighted by Gasteiger charge is 1.88. The van der Waals surface area contributed by atoms with Gasteiger partial charge in [-0.1, -0.05) is 24.8 Å². The van der Waals surface area contributed by atoms with Crippen molar-refractivity contribution < 1.29 is 0 Å². The van der Waals surface area contributed by atoms with Crippen molar-refractivity contribution in [1.82, 2.24) is 4.90 Å². The van der Waals surface area contributed by atoms with Crippen LogP contribution in [-0.2, 0) is 0 Å². The smallest absolute Gasteiger partial charge is 0.0912 e. The van der Waals surface area contributed by atoms with E-state index in [1.54, 1.807) is 6.34 Å². The number of hydrogen-bond donors (Lipinski definition) is 0. The number of nitrogens with zero attached hydrogens (tertiary/aromatic N) is 2. The summed E-state index contributed by atoms with van der Waals surface area (Å²) in [6, 6.07) is 0. The van der Waals surface area contributed by atoms with E-state index in [0.29, 0.717) is 0 Å². The van der Waals surface area contributed by atoms with Crippen LogP contribution in [0.2, 0.25) is 0 Å². The van der Waals surface area contributed by atoms with Gasteiger partial charge in [0, 0.05) is 13.6 Å². The van der Waals surface area contributed by atoms with Gasteiger partial charge in [-0.25, -0.2) is 4.99 Å². The van der Waals surface area contributed by atoms with Gasteiger partial charge >= 0.3 is 0 Å². The molecular weight excluding hydrogens is 136 g/mol. The zero-order valence-electron chi connectivity index (χ0n) is 6.70. The minimum absolute atomic E-state index is 0.781. The van der Waals surface area contributed by atoms with Gasteiger partial charge in [0.1, 0.15) is 0 Å². The zero-order chi connectivity index (χ0) is 8.10. The Morgan fingerprint density at radius 1 is 1.55 bits per heavy atom. The summed E-state index contributed by atoms with van der Waals surface area (Å²) in [6.07, 6.45) is 9.67.